The van der Waals surface area contributed by atoms with Gasteiger partial charge in [-0.3, -0.25) is 0 Å². The zero-order chi connectivity index (χ0) is 11.6. The second-order valence-corrected chi connectivity index (χ2v) is 11.4. The first-order valence-electron chi connectivity index (χ1n) is 6.30. The fourth-order valence-electron chi connectivity index (χ4n) is 2.52. The second-order valence-electron chi connectivity index (χ2n) is 5.95. The van der Waals surface area contributed by atoms with E-state index in [-0.39, 0.29) is 0 Å². The van der Waals surface area contributed by atoms with Gasteiger partial charge in [0.05, 0.1) is 8.07 Å². The zero-order valence-corrected chi connectivity index (χ0v) is 11.6. The quantitative estimate of drug-likeness (QED) is 0.504. The summed E-state index contributed by atoms with van der Waals surface area (Å²) >= 11 is 0. The Morgan fingerprint density at radius 2 is 1.62 bits per heavy atom. The maximum atomic E-state index is 2.49. The van der Waals surface area contributed by atoms with Gasteiger partial charge in [0.1, 0.15) is 0 Å². The summed E-state index contributed by atoms with van der Waals surface area (Å²) < 4.78 is 0. The molecule has 1 aliphatic rings. The molecule has 1 aromatic rings. The molecule has 1 aromatic carbocycles. The van der Waals surface area contributed by atoms with Crippen molar-refractivity contribution in [2.75, 3.05) is 0 Å². The van der Waals surface area contributed by atoms with Gasteiger partial charge in [-0.2, -0.15) is 0 Å². The van der Waals surface area contributed by atoms with Crippen molar-refractivity contribution in [2.24, 2.45) is 0 Å². The van der Waals surface area contributed by atoms with E-state index in [2.05, 4.69) is 62.1 Å². The van der Waals surface area contributed by atoms with E-state index in [1.807, 2.05) is 0 Å². The van der Waals surface area contributed by atoms with Crippen molar-refractivity contribution in [1.82, 2.24) is 0 Å². The minimum absolute atomic E-state index is 0.661. The van der Waals surface area contributed by atoms with E-state index in [0.717, 1.165) is 5.54 Å². The lowest BCUT2D eigenvalue weighted by Gasteiger charge is -2.31. The molecule has 0 amide bonds. The Kier molecular flexibility index (Phi) is 3.34. The van der Waals surface area contributed by atoms with Gasteiger partial charge in [0.15, 0.2) is 0 Å². The largest absolute Gasteiger partial charge is 0.0875 e. The Hall–Kier alpha value is -0.823. The van der Waals surface area contributed by atoms with Gasteiger partial charge in [-0.15, -0.1) is 0 Å². The van der Waals surface area contributed by atoms with Crippen LogP contribution in [0.25, 0.3) is 0 Å². The van der Waals surface area contributed by atoms with Crippen LogP contribution < -0.4 is 0 Å². The molecule has 0 saturated carbocycles. The second kappa shape index (κ2) is 4.58. The van der Waals surface area contributed by atoms with Crippen LogP contribution in [-0.2, 0) is 0 Å². The lowest BCUT2D eigenvalue weighted by molar-refractivity contribution is 0.643. The summed E-state index contributed by atoms with van der Waals surface area (Å²) in [6.45, 7) is 7.43. The molecule has 0 heterocycles. The predicted octanol–water partition coefficient (Wildman–Crippen LogP) is 4.83. The molecule has 16 heavy (non-hydrogen) atoms. The Labute approximate surface area is 100 Å². The Morgan fingerprint density at radius 1 is 0.938 bits per heavy atom. The van der Waals surface area contributed by atoms with Gasteiger partial charge in [-0.05, 0) is 23.9 Å². The van der Waals surface area contributed by atoms with Gasteiger partial charge in [0.2, 0.25) is 0 Å². The summed E-state index contributed by atoms with van der Waals surface area (Å²) in [7, 11) is -0.974. The molecular weight excluding hydrogens is 208 g/mol. The monoisotopic (exact) mass is 230 g/mol. The van der Waals surface area contributed by atoms with Crippen LogP contribution >= 0.6 is 0 Å². The van der Waals surface area contributed by atoms with Crippen LogP contribution in [0.5, 0.6) is 0 Å². The van der Waals surface area contributed by atoms with Crippen molar-refractivity contribution in [3.8, 4) is 0 Å². The molecule has 0 bridgehead atoms. The first kappa shape index (κ1) is 11.7. The Balaban J connectivity index is 2.09. The molecule has 0 fully saturated rings. The number of allylic oxidation sites excluding steroid dienone is 2. The molecule has 0 saturated heterocycles. The van der Waals surface area contributed by atoms with Crippen molar-refractivity contribution >= 4 is 8.07 Å². The highest BCUT2D eigenvalue weighted by Gasteiger charge is 2.27. The average molecular weight is 230 g/mol. The van der Waals surface area contributed by atoms with Crippen LogP contribution in [-0.4, -0.2) is 8.07 Å². The van der Waals surface area contributed by atoms with E-state index in [0.29, 0.717) is 5.92 Å². The Morgan fingerprint density at radius 3 is 2.12 bits per heavy atom. The molecule has 2 unspecified atom stereocenters. The number of rotatable bonds is 2. The van der Waals surface area contributed by atoms with Crippen LogP contribution in [0.1, 0.15) is 24.3 Å². The first-order chi connectivity index (χ1) is 7.57. The van der Waals surface area contributed by atoms with Gasteiger partial charge < -0.3 is 0 Å². The van der Waals surface area contributed by atoms with E-state index in [1.165, 1.54) is 18.4 Å². The molecule has 0 N–H and O–H groups in total. The third kappa shape index (κ3) is 2.65. The van der Waals surface area contributed by atoms with E-state index < -0.39 is 8.07 Å². The zero-order valence-electron chi connectivity index (χ0n) is 10.6. The van der Waals surface area contributed by atoms with Crippen molar-refractivity contribution in [1.29, 1.82) is 0 Å². The molecule has 1 heteroatoms. The van der Waals surface area contributed by atoms with Crippen LogP contribution in [0.3, 0.4) is 0 Å². The van der Waals surface area contributed by atoms with Crippen LogP contribution in [0.4, 0.5) is 0 Å². The molecule has 0 nitrogen and oxygen atoms in total. The van der Waals surface area contributed by atoms with Gasteiger partial charge in [-0.25, -0.2) is 0 Å². The van der Waals surface area contributed by atoms with Gasteiger partial charge >= 0.3 is 0 Å². The topological polar surface area (TPSA) is 0 Å². The van der Waals surface area contributed by atoms with E-state index >= 15 is 0 Å². The molecule has 0 radical (unpaired) electrons. The smallest absolute Gasteiger partial charge is 0.0513 e. The van der Waals surface area contributed by atoms with E-state index in [9.17, 15) is 0 Å². The van der Waals surface area contributed by atoms with Crippen molar-refractivity contribution in [3.63, 3.8) is 0 Å². The van der Waals surface area contributed by atoms with Crippen molar-refractivity contribution in [2.45, 2.75) is 43.9 Å². The normalized spacial score (nSPS) is 25.7. The highest BCUT2D eigenvalue weighted by Crippen LogP contribution is 2.37. The molecule has 86 valence electrons. The van der Waals surface area contributed by atoms with Crippen molar-refractivity contribution < 1.29 is 0 Å². The highest BCUT2D eigenvalue weighted by atomic mass is 28.3. The molecule has 1 aliphatic carbocycles. The summed E-state index contributed by atoms with van der Waals surface area (Å²) in [5.41, 5.74) is 2.36. The van der Waals surface area contributed by atoms with Gasteiger partial charge in [-0.1, -0.05) is 62.1 Å². The van der Waals surface area contributed by atoms with E-state index in [4.69, 9.17) is 0 Å². The SMILES string of the molecule is C[Si](C)(C)C1C=CC(c2ccccc2)CC1. The minimum atomic E-state index is -0.974. The third-order valence-corrected chi connectivity index (χ3v) is 6.41. The Bertz CT molecular complexity index is 359. The lowest BCUT2D eigenvalue weighted by Crippen LogP contribution is -2.28. The average Bonchev–Trinajstić information content (AvgIpc) is 2.29. The fraction of sp³-hybridized carbons (Fsp3) is 0.467. The predicted molar refractivity (Wildman–Crippen MR) is 74.7 cm³/mol. The lowest BCUT2D eigenvalue weighted by atomic mass is 9.89. The first-order valence-corrected chi connectivity index (χ1v) is 9.88. The molecule has 0 aromatic heterocycles. The molecule has 0 spiro atoms. The number of hydrogen-bond donors (Lipinski definition) is 0. The van der Waals surface area contributed by atoms with Crippen LogP contribution in [0.15, 0.2) is 42.5 Å². The number of benzene rings is 1. The summed E-state index contributed by atoms with van der Waals surface area (Å²) in [6.07, 6.45) is 7.65. The molecule has 2 rings (SSSR count). The number of hydrogen-bond acceptors (Lipinski definition) is 0. The molecule has 0 aliphatic heterocycles. The summed E-state index contributed by atoms with van der Waals surface area (Å²) in [5.74, 6) is 0.661. The van der Waals surface area contributed by atoms with Crippen LogP contribution in [0.2, 0.25) is 25.2 Å². The van der Waals surface area contributed by atoms with Gasteiger partial charge in [0.25, 0.3) is 0 Å². The fourth-order valence-corrected chi connectivity index (χ4v) is 4.24. The van der Waals surface area contributed by atoms with Crippen LogP contribution in [0, 0.1) is 0 Å². The maximum absolute atomic E-state index is 2.49. The molecule has 2 atom stereocenters. The standard InChI is InChI=1S/C15H22Si/c1-16(2,3)15-11-9-14(10-12-15)13-7-5-4-6-8-13/h4-9,11,14-15H,10,12H2,1-3H3. The summed E-state index contributed by atoms with van der Waals surface area (Å²) in [4.78, 5) is 0. The highest BCUT2D eigenvalue weighted by molar-refractivity contribution is 6.78. The van der Waals surface area contributed by atoms with Gasteiger partial charge in [0, 0.05) is 5.92 Å². The van der Waals surface area contributed by atoms with Crippen molar-refractivity contribution in [3.05, 3.63) is 48.0 Å². The van der Waals surface area contributed by atoms with E-state index in [1.54, 1.807) is 0 Å². The summed E-state index contributed by atoms with van der Waals surface area (Å²) in [6, 6.07) is 10.9. The third-order valence-electron chi connectivity index (χ3n) is 3.70. The maximum Gasteiger partial charge on any atom is 0.0513 e. The summed E-state index contributed by atoms with van der Waals surface area (Å²) in [5, 5.41) is 0. The minimum Gasteiger partial charge on any atom is -0.0875 e. The molecular formula is C15H22Si.